The first-order valence-electron chi connectivity index (χ1n) is 7.07. The SMILES string of the molecule is CN1CCOC(CN(C)C(=O)COc2ccc(Cl)cc2Cl)C1. The van der Waals surface area contributed by atoms with Gasteiger partial charge in [0.15, 0.2) is 6.61 Å². The first kappa shape index (κ1) is 17.3. The molecule has 1 aliphatic rings. The van der Waals surface area contributed by atoms with Crippen LogP contribution in [0.25, 0.3) is 0 Å². The Morgan fingerprint density at radius 1 is 1.50 bits per heavy atom. The number of amides is 1. The van der Waals surface area contributed by atoms with Crippen molar-refractivity contribution in [1.29, 1.82) is 0 Å². The van der Waals surface area contributed by atoms with Gasteiger partial charge >= 0.3 is 0 Å². The first-order valence-corrected chi connectivity index (χ1v) is 7.83. The van der Waals surface area contributed by atoms with Crippen LogP contribution in [0.4, 0.5) is 0 Å². The number of morpholine rings is 1. The highest BCUT2D eigenvalue weighted by Gasteiger charge is 2.21. The van der Waals surface area contributed by atoms with E-state index in [2.05, 4.69) is 4.90 Å². The fourth-order valence-corrected chi connectivity index (χ4v) is 2.69. The highest BCUT2D eigenvalue weighted by molar-refractivity contribution is 6.35. The second-order valence-corrected chi connectivity index (χ2v) is 6.24. The van der Waals surface area contributed by atoms with Gasteiger partial charge in [-0.05, 0) is 25.2 Å². The van der Waals surface area contributed by atoms with Crippen molar-refractivity contribution in [2.75, 3.05) is 46.9 Å². The number of benzene rings is 1. The normalized spacial score (nSPS) is 19.0. The molecule has 22 heavy (non-hydrogen) atoms. The number of nitrogens with zero attached hydrogens (tertiary/aromatic N) is 2. The van der Waals surface area contributed by atoms with Crippen molar-refractivity contribution in [3.8, 4) is 5.75 Å². The summed E-state index contributed by atoms with van der Waals surface area (Å²) in [7, 11) is 3.79. The first-order chi connectivity index (χ1) is 10.5. The molecule has 0 bridgehead atoms. The largest absolute Gasteiger partial charge is 0.482 e. The molecule has 0 aliphatic carbocycles. The Morgan fingerprint density at radius 2 is 2.27 bits per heavy atom. The second kappa shape index (κ2) is 8.02. The Hall–Kier alpha value is -1.01. The van der Waals surface area contributed by atoms with Crippen LogP contribution in [0.5, 0.6) is 5.75 Å². The molecule has 0 aromatic heterocycles. The molecule has 1 atom stereocenters. The molecule has 5 nitrogen and oxygen atoms in total. The van der Waals surface area contributed by atoms with Crippen molar-refractivity contribution in [2.24, 2.45) is 0 Å². The summed E-state index contributed by atoms with van der Waals surface area (Å²) in [5.74, 6) is 0.323. The number of carbonyl (C=O) groups is 1. The number of rotatable bonds is 5. The monoisotopic (exact) mass is 346 g/mol. The second-order valence-electron chi connectivity index (χ2n) is 5.39. The lowest BCUT2D eigenvalue weighted by molar-refractivity contribution is -0.135. The number of carbonyl (C=O) groups excluding carboxylic acids is 1. The van der Waals surface area contributed by atoms with Crippen molar-refractivity contribution >= 4 is 29.1 Å². The minimum atomic E-state index is -0.122. The molecule has 0 radical (unpaired) electrons. The summed E-state index contributed by atoms with van der Waals surface area (Å²) in [6.07, 6.45) is 0.0341. The molecule has 1 aromatic carbocycles. The van der Waals surface area contributed by atoms with E-state index in [4.69, 9.17) is 32.7 Å². The molecule has 2 rings (SSSR count). The zero-order valence-corrected chi connectivity index (χ0v) is 14.2. The van der Waals surface area contributed by atoms with Crippen LogP contribution < -0.4 is 4.74 Å². The minimum Gasteiger partial charge on any atom is -0.482 e. The highest BCUT2D eigenvalue weighted by Crippen LogP contribution is 2.27. The van der Waals surface area contributed by atoms with Crippen LogP contribution >= 0.6 is 23.2 Å². The van der Waals surface area contributed by atoms with E-state index >= 15 is 0 Å². The van der Waals surface area contributed by atoms with Crippen LogP contribution in [0.15, 0.2) is 18.2 Å². The number of hydrogen-bond donors (Lipinski definition) is 0. The third-order valence-electron chi connectivity index (χ3n) is 3.49. The van der Waals surface area contributed by atoms with E-state index in [1.807, 2.05) is 7.05 Å². The van der Waals surface area contributed by atoms with Crippen LogP contribution in [-0.4, -0.2) is 68.8 Å². The molecule has 1 amide bonds. The molecule has 7 heteroatoms. The standard InChI is InChI=1S/C15H20Cl2N2O3/c1-18-5-6-21-12(8-18)9-19(2)15(20)10-22-14-4-3-11(16)7-13(14)17/h3-4,7,12H,5-6,8-10H2,1-2H3. The molecule has 1 aromatic rings. The Labute approximate surface area is 140 Å². The number of likely N-dealkylation sites (N-methyl/N-ethyl adjacent to an activating group) is 2. The molecule has 122 valence electrons. The quantitative estimate of drug-likeness (QED) is 0.819. The van der Waals surface area contributed by atoms with E-state index < -0.39 is 0 Å². The zero-order valence-electron chi connectivity index (χ0n) is 12.7. The summed E-state index contributed by atoms with van der Waals surface area (Å²) >= 11 is 11.8. The summed E-state index contributed by atoms with van der Waals surface area (Å²) in [6, 6.07) is 4.90. The van der Waals surface area contributed by atoms with Crippen molar-refractivity contribution in [3.63, 3.8) is 0 Å². The highest BCUT2D eigenvalue weighted by atomic mass is 35.5. The van der Waals surface area contributed by atoms with E-state index in [1.54, 1.807) is 30.1 Å². The lowest BCUT2D eigenvalue weighted by atomic mass is 10.2. The molecule has 0 N–H and O–H groups in total. The van der Waals surface area contributed by atoms with Crippen molar-refractivity contribution in [1.82, 2.24) is 9.80 Å². The van der Waals surface area contributed by atoms with Gasteiger partial charge in [0.1, 0.15) is 5.75 Å². The summed E-state index contributed by atoms with van der Waals surface area (Å²) in [5, 5.41) is 0.916. The molecule has 0 saturated carbocycles. The predicted octanol–water partition coefficient (Wildman–Crippen LogP) is 2.16. The van der Waals surface area contributed by atoms with Crippen LogP contribution in [0.3, 0.4) is 0 Å². The summed E-state index contributed by atoms with van der Waals surface area (Å²) in [6.45, 7) is 2.91. The molecule has 1 unspecified atom stereocenters. The maximum absolute atomic E-state index is 12.1. The third-order valence-corrected chi connectivity index (χ3v) is 4.02. The third kappa shape index (κ3) is 5.02. The van der Waals surface area contributed by atoms with E-state index in [0.29, 0.717) is 28.9 Å². The lowest BCUT2D eigenvalue weighted by Gasteiger charge is -2.32. The summed E-state index contributed by atoms with van der Waals surface area (Å²) in [5.41, 5.74) is 0. The van der Waals surface area contributed by atoms with Crippen LogP contribution in [-0.2, 0) is 9.53 Å². The Balaban J connectivity index is 1.81. The van der Waals surface area contributed by atoms with Crippen LogP contribution in [0.1, 0.15) is 0 Å². The maximum atomic E-state index is 12.1. The van der Waals surface area contributed by atoms with Gasteiger partial charge in [-0.25, -0.2) is 0 Å². The van der Waals surface area contributed by atoms with Gasteiger partial charge < -0.3 is 19.3 Å². The molecule has 1 aliphatic heterocycles. The van der Waals surface area contributed by atoms with Gasteiger partial charge in [-0.15, -0.1) is 0 Å². The van der Waals surface area contributed by atoms with Gasteiger partial charge in [0, 0.05) is 31.7 Å². The van der Waals surface area contributed by atoms with Gasteiger partial charge in [0.25, 0.3) is 5.91 Å². The van der Waals surface area contributed by atoms with Gasteiger partial charge in [-0.2, -0.15) is 0 Å². The van der Waals surface area contributed by atoms with E-state index in [1.165, 1.54) is 0 Å². The Morgan fingerprint density at radius 3 is 2.95 bits per heavy atom. The van der Waals surface area contributed by atoms with Gasteiger partial charge in [-0.1, -0.05) is 23.2 Å². The van der Waals surface area contributed by atoms with Crippen molar-refractivity contribution < 1.29 is 14.3 Å². The fourth-order valence-electron chi connectivity index (χ4n) is 2.23. The van der Waals surface area contributed by atoms with E-state index in [0.717, 1.165) is 13.1 Å². The lowest BCUT2D eigenvalue weighted by Crippen LogP contribution is -2.47. The summed E-state index contributed by atoms with van der Waals surface area (Å²) < 4.78 is 11.1. The molecule has 1 saturated heterocycles. The van der Waals surface area contributed by atoms with Gasteiger partial charge in [0.05, 0.1) is 17.7 Å². The number of hydrogen-bond acceptors (Lipinski definition) is 4. The fraction of sp³-hybridized carbons (Fsp3) is 0.533. The smallest absolute Gasteiger partial charge is 0.260 e. The van der Waals surface area contributed by atoms with Crippen molar-refractivity contribution in [3.05, 3.63) is 28.2 Å². The van der Waals surface area contributed by atoms with E-state index in [9.17, 15) is 4.79 Å². The van der Waals surface area contributed by atoms with Gasteiger partial charge in [0.2, 0.25) is 0 Å². The average Bonchev–Trinajstić information content (AvgIpc) is 2.46. The Bertz CT molecular complexity index is 528. The molecule has 1 fully saturated rings. The molecular formula is C15H20Cl2N2O3. The van der Waals surface area contributed by atoms with Crippen LogP contribution in [0.2, 0.25) is 10.0 Å². The average molecular weight is 347 g/mol. The predicted molar refractivity (Wildman–Crippen MR) is 86.8 cm³/mol. The maximum Gasteiger partial charge on any atom is 0.260 e. The molecule has 0 spiro atoms. The molecular weight excluding hydrogens is 327 g/mol. The summed E-state index contributed by atoms with van der Waals surface area (Å²) in [4.78, 5) is 15.9. The minimum absolute atomic E-state index is 0.0341. The van der Waals surface area contributed by atoms with E-state index in [-0.39, 0.29) is 18.6 Å². The number of ether oxygens (including phenoxy) is 2. The number of halogens is 2. The Kier molecular flexibility index (Phi) is 6.32. The van der Waals surface area contributed by atoms with Gasteiger partial charge in [-0.3, -0.25) is 4.79 Å². The zero-order chi connectivity index (χ0) is 16.1. The molecule has 1 heterocycles. The van der Waals surface area contributed by atoms with Crippen LogP contribution in [0, 0.1) is 0 Å². The topological polar surface area (TPSA) is 42.0 Å². The van der Waals surface area contributed by atoms with Crippen molar-refractivity contribution in [2.45, 2.75) is 6.10 Å².